The van der Waals surface area contributed by atoms with Crippen LogP contribution in [0.25, 0.3) is 5.69 Å². The number of hydrogen-bond donors (Lipinski definition) is 1. The fraction of sp³-hybridized carbons (Fsp3) is 0.214. The van der Waals surface area contributed by atoms with Crippen molar-refractivity contribution in [2.75, 3.05) is 7.11 Å². The van der Waals surface area contributed by atoms with Crippen LogP contribution < -0.4 is 10.2 Å². The summed E-state index contributed by atoms with van der Waals surface area (Å²) < 4.78 is 7.03. The molecule has 2 rings (SSSR count). The van der Waals surface area contributed by atoms with Gasteiger partial charge in [-0.3, -0.25) is 4.79 Å². The highest BCUT2D eigenvalue weighted by atomic mass is 16.5. The van der Waals surface area contributed by atoms with Crippen molar-refractivity contribution < 1.29 is 9.84 Å². The van der Waals surface area contributed by atoms with Crippen LogP contribution in [0, 0.1) is 6.92 Å². The molecule has 0 amide bonds. The second-order valence-corrected chi connectivity index (χ2v) is 4.03. The van der Waals surface area contributed by atoms with Gasteiger partial charge in [0, 0.05) is 35.3 Å². The van der Waals surface area contributed by atoms with Crippen molar-refractivity contribution in [3.05, 3.63) is 58.0 Å². The van der Waals surface area contributed by atoms with Crippen LogP contribution in [0.3, 0.4) is 0 Å². The second-order valence-electron chi connectivity index (χ2n) is 4.03. The van der Waals surface area contributed by atoms with Crippen molar-refractivity contribution in [3.63, 3.8) is 0 Å². The zero-order chi connectivity index (χ0) is 13.1. The lowest BCUT2D eigenvalue weighted by Crippen LogP contribution is -2.14. The lowest BCUT2D eigenvalue weighted by Gasteiger charge is -2.13. The number of benzene rings is 1. The number of pyridine rings is 1. The Morgan fingerprint density at radius 3 is 2.78 bits per heavy atom. The molecule has 0 aliphatic heterocycles. The number of ether oxygens (including phenoxy) is 1. The van der Waals surface area contributed by atoms with E-state index >= 15 is 0 Å². The molecule has 1 N–H and O–H groups in total. The third-order valence-corrected chi connectivity index (χ3v) is 2.82. The van der Waals surface area contributed by atoms with Gasteiger partial charge in [0.25, 0.3) is 0 Å². The minimum Gasteiger partial charge on any atom is -0.497 e. The summed E-state index contributed by atoms with van der Waals surface area (Å²) in [5, 5.41) is 9.14. The molecule has 0 aliphatic carbocycles. The Labute approximate surface area is 105 Å². The van der Waals surface area contributed by atoms with Crippen molar-refractivity contribution in [3.8, 4) is 11.4 Å². The molecular formula is C14H15NO3. The molecule has 1 heterocycles. The van der Waals surface area contributed by atoms with E-state index in [1.165, 1.54) is 6.07 Å². The summed E-state index contributed by atoms with van der Waals surface area (Å²) >= 11 is 0. The monoisotopic (exact) mass is 245 g/mol. The van der Waals surface area contributed by atoms with Crippen LogP contribution in [0.1, 0.15) is 11.3 Å². The van der Waals surface area contributed by atoms with E-state index in [0.717, 1.165) is 17.1 Å². The smallest absolute Gasteiger partial charge is 0.187 e. The number of rotatable bonds is 3. The highest BCUT2D eigenvalue weighted by Gasteiger charge is 2.05. The standard InChI is InChI=1S/C14H15NO3/c1-10-6-14(17)11(9-16)8-15(10)12-4-3-5-13(7-12)18-2/h3-8,16H,9H2,1-2H3. The zero-order valence-electron chi connectivity index (χ0n) is 10.4. The molecule has 0 spiro atoms. The van der Waals surface area contributed by atoms with E-state index in [1.54, 1.807) is 13.3 Å². The van der Waals surface area contributed by atoms with Crippen molar-refractivity contribution in [1.82, 2.24) is 4.57 Å². The molecule has 4 heteroatoms. The maximum Gasteiger partial charge on any atom is 0.187 e. The third kappa shape index (κ3) is 2.28. The first-order valence-electron chi connectivity index (χ1n) is 5.63. The van der Waals surface area contributed by atoms with Gasteiger partial charge in [-0.2, -0.15) is 0 Å². The SMILES string of the molecule is COc1cccc(-n2cc(CO)c(=O)cc2C)c1. The summed E-state index contributed by atoms with van der Waals surface area (Å²) in [4.78, 5) is 11.6. The van der Waals surface area contributed by atoms with E-state index in [1.807, 2.05) is 35.8 Å². The van der Waals surface area contributed by atoms with Gasteiger partial charge >= 0.3 is 0 Å². The maximum atomic E-state index is 11.6. The summed E-state index contributed by atoms with van der Waals surface area (Å²) in [6.45, 7) is 1.59. The predicted octanol–water partition coefficient (Wildman–Crippen LogP) is 1.65. The molecule has 0 bridgehead atoms. The molecular weight excluding hydrogens is 230 g/mol. The number of aromatic nitrogens is 1. The van der Waals surface area contributed by atoms with Gasteiger partial charge in [0.05, 0.1) is 13.7 Å². The van der Waals surface area contributed by atoms with Gasteiger partial charge in [0.15, 0.2) is 5.43 Å². The van der Waals surface area contributed by atoms with E-state index in [9.17, 15) is 4.79 Å². The summed E-state index contributed by atoms with van der Waals surface area (Å²) in [6, 6.07) is 9.05. The van der Waals surface area contributed by atoms with E-state index in [4.69, 9.17) is 9.84 Å². The highest BCUT2D eigenvalue weighted by molar-refractivity contribution is 5.41. The van der Waals surface area contributed by atoms with Gasteiger partial charge in [0.2, 0.25) is 0 Å². The summed E-state index contributed by atoms with van der Waals surface area (Å²) in [5.41, 5.74) is 1.93. The van der Waals surface area contributed by atoms with Crippen molar-refractivity contribution in [1.29, 1.82) is 0 Å². The second kappa shape index (κ2) is 5.06. The molecule has 0 saturated carbocycles. The Morgan fingerprint density at radius 1 is 1.33 bits per heavy atom. The highest BCUT2D eigenvalue weighted by Crippen LogP contribution is 2.17. The largest absolute Gasteiger partial charge is 0.497 e. The van der Waals surface area contributed by atoms with Crippen LogP contribution in [-0.2, 0) is 6.61 Å². The van der Waals surface area contributed by atoms with Crippen molar-refractivity contribution >= 4 is 0 Å². The predicted molar refractivity (Wildman–Crippen MR) is 69.3 cm³/mol. The van der Waals surface area contributed by atoms with Crippen LogP contribution >= 0.6 is 0 Å². The number of nitrogens with zero attached hydrogens (tertiary/aromatic N) is 1. The molecule has 1 aromatic carbocycles. The van der Waals surface area contributed by atoms with Crippen molar-refractivity contribution in [2.45, 2.75) is 13.5 Å². The Balaban J connectivity index is 2.59. The summed E-state index contributed by atoms with van der Waals surface area (Å²) in [5.74, 6) is 0.746. The molecule has 0 unspecified atom stereocenters. The van der Waals surface area contributed by atoms with Gasteiger partial charge < -0.3 is 14.4 Å². The van der Waals surface area contributed by atoms with Gasteiger partial charge in [-0.15, -0.1) is 0 Å². The maximum absolute atomic E-state index is 11.6. The Bertz CT molecular complexity index is 617. The number of hydrogen-bond acceptors (Lipinski definition) is 3. The van der Waals surface area contributed by atoms with Crippen LogP contribution in [0.4, 0.5) is 0 Å². The third-order valence-electron chi connectivity index (χ3n) is 2.82. The van der Waals surface area contributed by atoms with Crippen LogP contribution in [0.2, 0.25) is 0 Å². The molecule has 0 saturated heterocycles. The lowest BCUT2D eigenvalue weighted by molar-refractivity contribution is 0.280. The molecule has 0 fully saturated rings. The first kappa shape index (κ1) is 12.4. The van der Waals surface area contributed by atoms with Gasteiger partial charge in [0.1, 0.15) is 5.75 Å². The van der Waals surface area contributed by atoms with E-state index in [-0.39, 0.29) is 12.0 Å². The average Bonchev–Trinajstić information content (AvgIpc) is 2.39. The van der Waals surface area contributed by atoms with E-state index in [0.29, 0.717) is 5.56 Å². The minimum atomic E-state index is -0.261. The quantitative estimate of drug-likeness (QED) is 0.894. The van der Waals surface area contributed by atoms with Crippen LogP contribution in [0.5, 0.6) is 5.75 Å². The molecule has 0 aliphatic rings. The fourth-order valence-electron chi connectivity index (χ4n) is 1.83. The van der Waals surface area contributed by atoms with E-state index < -0.39 is 0 Å². The minimum absolute atomic E-state index is 0.144. The normalized spacial score (nSPS) is 10.4. The Morgan fingerprint density at radius 2 is 2.11 bits per heavy atom. The molecule has 2 aromatic rings. The van der Waals surface area contributed by atoms with Gasteiger partial charge in [-0.1, -0.05) is 6.07 Å². The molecule has 1 aromatic heterocycles. The van der Waals surface area contributed by atoms with Crippen molar-refractivity contribution in [2.24, 2.45) is 0 Å². The molecule has 94 valence electrons. The summed E-state index contributed by atoms with van der Waals surface area (Å²) in [7, 11) is 1.61. The average molecular weight is 245 g/mol. The number of aryl methyl sites for hydroxylation is 1. The van der Waals surface area contributed by atoms with Crippen LogP contribution in [0.15, 0.2) is 41.3 Å². The summed E-state index contributed by atoms with van der Waals surface area (Å²) in [6.07, 6.45) is 1.66. The zero-order valence-corrected chi connectivity index (χ0v) is 10.4. The topological polar surface area (TPSA) is 51.5 Å². The first-order valence-corrected chi connectivity index (χ1v) is 5.63. The lowest BCUT2D eigenvalue weighted by atomic mass is 10.2. The molecule has 0 radical (unpaired) electrons. The number of aliphatic hydroxyl groups is 1. The Kier molecular flexibility index (Phi) is 3.48. The fourth-order valence-corrected chi connectivity index (χ4v) is 1.83. The first-order chi connectivity index (χ1) is 8.65. The Hall–Kier alpha value is -2.07. The molecule has 0 atom stereocenters. The van der Waals surface area contributed by atoms with Crippen LogP contribution in [-0.4, -0.2) is 16.8 Å². The molecule has 18 heavy (non-hydrogen) atoms. The molecule has 4 nitrogen and oxygen atoms in total. The number of aliphatic hydroxyl groups excluding tert-OH is 1. The van der Waals surface area contributed by atoms with Gasteiger partial charge in [-0.25, -0.2) is 0 Å². The van der Waals surface area contributed by atoms with E-state index in [2.05, 4.69) is 0 Å². The van der Waals surface area contributed by atoms with Gasteiger partial charge in [-0.05, 0) is 19.1 Å². The number of methoxy groups -OCH3 is 1.